The molecule has 1 aromatic rings. The maximum Gasteiger partial charge on any atom is 0.241 e. The Balaban J connectivity index is 2.76. The molecule has 0 bridgehead atoms. The molecule has 1 amide bonds. The zero-order valence-corrected chi connectivity index (χ0v) is 10.9. The van der Waals surface area contributed by atoms with Crippen LogP contribution < -0.4 is 15.8 Å². The lowest BCUT2D eigenvalue weighted by Crippen LogP contribution is -2.40. The van der Waals surface area contributed by atoms with Crippen molar-refractivity contribution in [2.24, 2.45) is 11.7 Å². The summed E-state index contributed by atoms with van der Waals surface area (Å²) >= 11 is 0. The number of carbonyl (C=O) groups excluding carboxylic acids is 1. The summed E-state index contributed by atoms with van der Waals surface area (Å²) in [7, 11) is 1.51. The fourth-order valence-electron chi connectivity index (χ4n) is 1.47. The molecule has 100 valence electrons. The molecule has 0 saturated carbocycles. The highest BCUT2D eigenvalue weighted by atomic mass is 16.5. The zero-order chi connectivity index (χ0) is 13.7. The summed E-state index contributed by atoms with van der Waals surface area (Å²) in [5, 5.41) is 12.3. The number of hydrogen-bond acceptors (Lipinski definition) is 4. The van der Waals surface area contributed by atoms with E-state index in [0.29, 0.717) is 11.4 Å². The molecule has 0 fully saturated rings. The van der Waals surface area contributed by atoms with Gasteiger partial charge < -0.3 is 20.9 Å². The molecule has 0 aliphatic carbocycles. The van der Waals surface area contributed by atoms with E-state index in [2.05, 4.69) is 5.32 Å². The number of rotatable bonds is 5. The second-order valence-corrected chi connectivity index (χ2v) is 4.28. The van der Waals surface area contributed by atoms with E-state index >= 15 is 0 Å². The van der Waals surface area contributed by atoms with Gasteiger partial charge in [0.1, 0.15) is 11.5 Å². The van der Waals surface area contributed by atoms with Crippen LogP contribution in [0.2, 0.25) is 0 Å². The first-order valence-corrected chi connectivity index (χ1v) is 5.93. The Bertz CT molecular complexity index is 421. The molecule has 4 N–H and O–H groups in total. The van der Waals surface area contributed by atoms with Gasteiger partial charge in [0.05, 0.1) is 18.8 Å². The third-order valence-electron chi connectivity index (χ3n) is 3.02. The highest BCUT2D eigenvalue weighted by Crippen LogP contribution is 2.28. The molecule has 0 aromatic heterocycles. The first-order chi connectivity index (χ1) is 8.49. The molecule has 0 radical (unpaired) electrons. The van der Waals surface area contributed by atoms with Crippen molar-refractivity contribution in [3.63, 3.8) is 0 Å². The average Bonchev–Trinajstić information content (AvgIpc) is 2.38. The minimum Gasteiger partial charge on any atom is -0.506 e. The molecule has 0 spiro atoms. The number of phenolic OH excluding ortho intramolecular Hbond substituents is 1. The summed E-state index contributed by atoms with van der Waals surface area (Å²) in [6, 6.07) is 4.08. The predicted molar refractivity (Wildman–Crippen MR) is 70.7 cm³/mol. The van der Waals surface area contributed by atoms with E-state index in [-0.39, 0.29) is 17.6 Å². The van der Waals surface area contributed by atoms with Crippen molar-refractivity contribution >= 4 is 11.6 Å². The zero-order valence-electron chi connectivity index (χ0n) is 10.9. The first-order valence-electron chi connectivity index (χ1n) is 5.93. The lowest BCUT2D eigenvalue weighted by Gasteiger charge is -2.18. The summed E-state index contributed by atoms with van der Waals surface area (Å²) < 4.78 is 4.96. The van der Waals surface area contributed by atoms with Crippen LogP contribution in [0.4, 0.5) is 5.69 Å². The topological polar surface area (TPSA) is 84.6 Å². The second-order valence-electron chi connectivity index (χ2n) is 4.28. The first kappa shape index (κ1) is 14.3. The predicted octanol–water partition coefficient (Wildman–Crippen LogP) is 1.71. The van der Waals surface area contributed by atoms with Crippen molar-refractivity contribution in [2.45, 2.75) is 26.3 Å². The minimum absolute atomic E-state index is 0.0425. The van der Waals surface area contributed by atoms with Gasteiger partial charge in [0.25, 0.3) is 0 Å². The van der Waals surface area contributed by atoms with Gasteiger partial charge in [-0.3, -0.25) is 4.79 Å². The van der Waals surface area contributed by atoms with Gasteiger partial charge in [0.15, 0.2) is 0 Å². The van der Waals surface area contributed by atoms with Crippen LogP contribution in [0.25, 0.3) is 0 Å². The molecular weight excluding hydrogens is 232 g/mol. The molecule has 0 aliphatic rings. The number of nitrogens with two attached hydrogens (primary N) is 1. The van der Waals surface area contributed by atoms with Crippen LogP contribution in [0.5, 0.6) is 11.5 Å². The van der Waals surface area contributed by atoms with E-state index in [4.69, 9.17) is 10.5 Å². The number of phenols is 1. The normalized spacial score (nSPS) is 13.8. The Labute approximate surface area is 107 Å². The fourth-order valence-corrected chi connectivity index (χ4v) is 1.47. The van der Waals surface area contributed by atoms with E-state index in [9.17, 15) is 9.90 Å². The highest BCUT2D eigenvalue weighted by Gasteiger charge is 2.20. The minimum atomic E-state index is -0.587. The highest BCUT2D eigenvalue weighted by molar-refractivity contribution is 5.96. The van der Waals surface area contributed by atoms with Crippen LogP contribution in [0.15, 0.2) is 18.2 Å². The Morgan fingerprint density at radius 2 is 2.22 bits per heavy atom. The summed E-state index contributed by atoms with van der Waals surface area (Å²) in [6.45, 7) is 3.89. The summed E-state index contributed by atoms with van der Waals surface area (Å²) in [5.41, 5.74) is 6.14. The molecule has 18 heavy (non-hydrogen) atoms. The van der Waals surface area contributed by atoms with Crippen molar-refractivity contribution in [2.75, 3.05) is 12.4 Å². The number of carbonyl (C=O) groups is 1. The van der Waals surface area contributed by atoms with Crippen LogP contribution in [0.3, 0.4) is 0 Å². The van der Waals surface area contributed by atoms with Gasteiger partial charge >= 0.3 is 0 Å². The largest absolute Gasteiger partial charge is 0.506 e. The van der Waals surface area contributed by atoms with E-state index in [1.807, 2.05) is 13.8 Å². The van der Waals surface area contributed by atoms with Gasteiger partial charge in [-0.1, -0.05) is 20.3 Å². The van der Waals surface area contributed by atoms with Crippen LogP contribution in [-0.2, 0) is 4.79 Å². The molecule has 0 aliphatic heterocycles. The number of nitrogens with one attached hydrogen (secondary N) is 1. The Morgan fingerprint density at radius 1 is 1.56 bits per heavy atom. The lowest BCUT2D eigenvalue weighted by molar-refractivity contribution is -0.118. The molecule has 0 saturated heterocycles. The number of amides is 1. The molecule has 1 aromatic carbocycles. The van der Waals surface area contributed by atoms with Gasteiger partial charge in [-0.25, -0.2) is 0 Å². The number of hydrogen-bond donors (Lipinski definition) is 3. The molecule has 5 heteroatoms. The second kappa shape index (κ2) is 6.26. The van der Waals surface area contributed by atoms with Gasteiger partial charge in [-0.2, -0.15) is 0 Å². The smallest absolute Gasteiger partial charge is 0.241 e. The monoisotopic (exact) mass is 252 g/mol. The Kier molecular flexibility index (Phi) is 4.97. The molecule has 1 unspecified atom stereocenters. The third-order valence-corrected chi connectivity index (χ3v) is 3.02. The van der Waals surface area contributed by atoms with Crippen molar-refractivity contribution in [1.82, 2.24) is 0 Å². The van der Waals surface area contributed by atoms with E-state index < -0.39 is 6.04 Å². The van der Waals surface area contributed by atoms with Crippen molar-refractivity contribution in [3.05, 3.63) is 18.2 Å². The average molecular weight is 252 g/mol. The van der Waals surface area contributed by atoms with Crippen LogP contribution >= 0.6 is 0 Å². The summed E-state index contributed by atoms with van der Waals surface area (Å²) in [6.07, 6.45) is 0.823. The number of aromatic hydroxyl groups is 1. The number of benzene rings is 1. The van der Waals surface area contributed by atoms with Gasteiger partial charge in [-0.05, 0) is 18.1 Å². The maximum absolute atomic E-state index is 11.8. The Hall–Kier alpha value is -1.75. The Morgan fingerprint density at radius 3 is 2.72 bits per heavy atom. The van der Waals surface area contributed by atoms with Gasteiger partial charge in [0.2, 0.25) is 5.91 Å². The standard InChI is InChI=1S/C13H20N2O3/c1-4-8(2)12(14)13(17)15-10-6-5-9(18-3)7-11(10)16/h5-8,12,16H,4,14H2,1-3H3,(H,15,17)/t8?,12-/m0/s1. The van der Waals surface area contributed by atoms with Crippen molar-refractivity contribution in [1.29, 1.82) is 0 Å². The maximum atomic E-state index is 11.8. The molecule has 2 atom stereocenters. The van der Waals surface area contributed by atoms with Gasteiger partial charge in [0, 0.05) is 6.07 Å². The quantitative estimate of drug-likeness (QED) is 0.696. The third kappa shape index (κ3) is 3.37. The molecule has 5 nitrogen and oxygen atoms in total. The summed E-state index contributed by atoms with van der Waals surface area (Å²) in [4.78, 5) is 11.8. The van der Waals surface area contributed by atoms with E-state index in [0.717, 1.165) is 6.42 Å². The van der Waals surface area contributed by atoms with Crippen LogP contribution in [0.1, 0.15) is 20.3 Å². The summed E-state index contributed by atoms with van der Waals surface area (Å²) in [5.74, 6) is 0.269. The van der Waals surface area contributed by atoms with Crippen LogP contribution in [0, 0.1) is 5.92 Å². The number of anilines is 1. The number of ether oxygens (including phenoxy) is 1. The SMILES string of the molecule is CCC(C)[C@H](N)C(=O)Nc1ccc(OC)cc1O. The van der Waals surface area contributed by atoms with E-state index in [1.165, 1.54) is 13.2 Å². The molecule has 1 rings (SSSR count). The number of methoxy groups -OCH3 is 1. The van der Waals surface area contributed by atoms with Crippen molar-refractivity contribution < 1.29 is 14.6 Å². The fraction of sp³-hybridized carbons (Fsp3) is 0.462. The van der Waals surface area contributed by atoms with Crippen molar-refractivity contribution in [3.8, 4) is 11.5 Å². The molecule has 0 heterocycles. The molecular formula is C13H20N2O3. The van der Waals surface area contributed by atoms with Gasteiger partial charge in [-0.15, -0.1) is 0 Å². The van der Waals surface area contributed by atoms with Crippen LogP contribution in [-0.4, -0.2) is 24.2 Å². The lowest BCUT2D eigenvalue weighted by atomic mass is 9.99. The van der Waals surface area contributed by atoms with E-state index in [1.54, 1.807) is 12.1 Å².